The van der Waals surface area contributed by atoms with E-state index in [1.54, 1.807) is 48.4 Å². The van der Waals surface area contributed by atoms with Crippen molar-refractivity contribution in [2.45, 2.75) is 0 Å². The predicted octanol–water partition coefficient (Wildman–Crippen LogP) is 5.24. The summed E-state index contributed by atoms with van der Waals surface area (Å²) in [5.74, 6) is -0.0256. The van der Waals surface area contributed by atoms with Gasteiger partial charge in [-0.2, -0.15) is 0 Å². The molecule has 0 aliphatic carbocycles. The number of nitrogens with zero attached hydrogens (tertiary/aromatic N) is 3. The van der Waals surface area contributed by atoms with Gasteiger partial charge in [-0.25, -0.2) is 14.4 Å². The van der Waals surface area contributed by atoms with Crippen LogP contribution in [0.3, 0.4) is 0 Å². The third-order valence-corrected chi connectivity index (χ3v) is 5.14. The van der Waals surface area contributed by atoms with E-state index in [9.17, 15) is 0 Å². The average molecular weight is 436 g/mol. The molecule has 0 amide bonds. The van der Waals surface area contributed by atoms with Gasteiger partial charge in [0.2, 0.25) is 0 Å². The first-order valence-corrected chi connectivity index (χ1v) is 9.79. The molecular weight excluding hydrogens is 417 g/mol. The normalized spacial score (nSPS) is 11.5. The van der Waals surface area contributed by atoms with Gasteiger partial charge < -0.3 is 14.3 Å². The van der Waals surface area contributed by atoms with Crippen molar-refractivity contribution < 1.29 is 9.13 Å². The minimum absolute atomic E-state index is 0.0707. The number of aromatic nitrogens is 3. The Bertz CT molecular complexity index is 1280. The molecule has 0 atom stereocenters. The molecule has 2 aromatic carbocycles. The number of methoxy groups -OCH3 is 1. The molecule has 2 heterocycles. The summed E-state index contributed by atoms with van der Waals surface area (Å²) < 4.78 is 21.9. The highest BCUT2D eigenvalue weighted by Gasteiger charge is 2.22. The average Bonchev–Trinajstić information content (AvgIpc) is 3.41. The Morgan fingerprint density at radius 3 is 2.61 bits per heavy atom. The van der Waals surface area contributed by atoms with E-state index in [-0.39, 0.29) is 16.8 Å². The van der Waals surface area contributed by atoms with E-state index in [0.29, 0.717) is 28.2 Å². The fourth-order valence-corrected chi connectivity index (χ4v) is 3.61. The van der Waals surface area contributed by atoms with Crippen LogP contribution in [0, 0.1) is 11.2 Å². The number of ether oxygens (including phenoxy) is 1. The zero-order valence-corrected chi connectivity index (χ0v) is 17.6. The van der Waals surface area contributed by atoms with E-state index in [0.717, 1.165) is 5.56 Å². The molecule has 8 heteroatoms. The standard InChI is InChI=1S/C23H19ClFN5O/c1-30-12-11-27-23(30)22(26)29-21(24)20-18(14-7-4-3-5-8-14)16(13-28-20)15-9-6-10-17(31-2)19(15)25/h3-13,26,28H,1-2H3. The molecule has 156 valence electrons. The minimum Gasteiger partial charge on any atom is -0.494 e. The summed E-state index contributed by atoms with van der Waals surface area (Å²) >= 11 is 6.55. The highest BCUT2D eigenvalue weighted by Crippen LogP contribution is 2.39. The van der Waals surface area contributed by atoms with Crippen LogP contribution in [-0.2, 0) is 7.05 Å². The van der Waals surface area contributed by atoms with E-state index in [4.69, 9.17) is 21.7 Å². The highest BCUT2D eigenvalue weighted by atomic mass is 35.5. The van der Waals surface area contributed by atoms with Crippen molar-refractivity contribution in [3.8, 4) is 28.0 Å². The van der Waals surface area contributed by atoms with Crippen molar-refractivity contribution in [3.63, 3.8) is 0 Å². The Morgan fingerprint density at radius 1 is 1.16 bits per heavy atom. The monoisotopic (exact) mass is 435 g/mol. The molecule has 0 spiro atoms. The van der Waals surface area contributed by atoms with E-state index in [1.165, 1.54) is 7.11 Å². The number of aromatic amines is 1. The first-order valence-electron chi connectivity index (χ1n) is 9.41. The van der Waals surface area contributed by atoms with Crippen molar-refractivity contribution in [1.29, 1.82) is 5.41 Å². The van der Waals surface area contributed by atoms with Gasteiger partial charge in [0.05, 0.1) is 12.8 Å². The number of amidine groups is 1. The maximum absolute atomic E-state index is 15.1. The third kappa shape index (κ3) is 3.87. The fraction of sp³-hybridized carbons (Fsp3) is 0.0870. The molecule has 6 nitrogen and oxygen atoms in total. The van der Waals surface area contributed by atoms with Gasteiger partial charge in [0.1, 0.15) is 0 Å². The van der Waals surface area contributed by atoms with Crippen molar-refractivity contribution in [2.75, 3.05) is 7.11 Å². The SMILES string of the molecule is COc1cccc(-c2c[nH]c(C(Cl)=NC(=N)c3nccn3C)c2-c2ccccc2)c1F. The van der Waals surface area contributed by atoms with Crippen LogP contribution in [0.2, 0.25) is 0 Å². The summed E-state index contributed by atoms with van der Waals surface area (Å²) in [7, 11) is 3.20. The third-order valence-electron chi connectivity index (χ3n) is 4.87. The van der Waals surface area contributed by atoms with Crippen LogP contribution < -0.4 is 4.74 Å². The van der Waals surface area contributed by atoms with Gasteiger partial charge in [0, 0.05) is 42.3 Å². The van der Waals surface area contributed by atoms with Gasteiger partial charge in [-0.15, -0.1) is 0 Å². The molecule has 0 saturated carbocycles. The Hall–Kier alpha value is -3.71. The molecule has 0 bridgehead atoms. The summed E-state index contributed by atoms with van der Waals surface area (Å²) in [5, 5.41) is 8.33. The lowest BCUT2D eigenvalue weighted by Crippen LogP contribution is -2.07. The zero-order valence-electron chi connectivity index (χ0n) is 16.9. The lowest BCUT2D eigenvalue weighted by atomic mass is 9.96. The van der Waals surface area contributed by atoms with Crippen LogP contribution >= 0.6 is 11.6 Å². The quantitative estimate of drug-likeness (QED) is 0.332. The van der Waals surface area contributed by atoms with E-state index < -0.39 is 5.82 Å². The van der Waals surface area contributed by atoms with Gasteiger partial charge in [-0.05, 0) is 11.6 Å². The molecule has 4 rings (SSSR count). The molecule has 4 aromatic rings. The lowest BCUT2D eigenvalue weighted by molar-refractivity contribution is 0.387. The van der Waals surface area contributed by atoms with Gasteiger partial charge in [-0.1, -0.05) is 54.1 Å². The molecule has 31 heavy (non-hydrogen) atoms. The molecule has 0 aliphatic rings. The van der Waals surface area contributed by atoms with Gasteiger partial charge in [0.15, 0.2) is 28.4 Å². The Labute approximate surface area is 183 Å². The molecule has 2 aromatic heterocycles. The first-order chi connectivity index (χ1) is 15.0. The molecular formula is C23H19ClFN5O. The second-order valence-corrected chi connectivity index (χ2v) is 7.11. The number of rotatable bonds is 5. The molecule has 0 radical (unpaired) electrons. The number of hydrogen-bond donors (Lipinski definition) is 2. The van der Waals surface area contributed by atoms with Crippen molar-refractivity contribution in [3.05, 3.63) is 84.5 Å². The predicted molar refractivity (Wildman–Crippen MR) is 121 cm³/mol. The summed E-state index contributed by atoms with van der Waals surface area (Å²) in [6.45, 7) is 0. The number of nitrogens with one attached hydrogen (secondary N) is 2. The van der Waals surface area contributed by atoms with Crippen molar-refractivity contribution in [2.24, 2.45) is 12.0 Å². The van der Waals surface area contributed by atoms with Crippen LogP contribution in [0.4, 0.5) is 4.39 Å². The molecule has 0 fully saturated rings. The molecule has 0 unspecified atom stereocenters. The van der Waals surface area contributed by atoms with Crippen LogP contribution in [0.25, 0.3) is 22.3 Å². The summed E-state index contributed by atoms with van der Waals surface area (Å²) in [4.78, 5) is 11.5. The first kappa shape index (κ1) is 20.6. The summed E-state index contributed by atoms with van der Waals surface area (Å²) in [6, 6.07) is 14.5. The van der Waals surface area contributed by atoms with Gasteiger partial charge in [-0.3, -0.25) is 5.41 Å². The Kier molecular flexibility index (Phi) is 5.68. The van der Waals surface area contributed by atoms with Gasteiger partial charge >= 0.3 is 0 Å². The number of aliphatic imine (C=N–C) groups is 1. The Morgan fingerprint density at radius 2 is 1.94 bits per heavy atom. The van der Waals surface area contributed by atoms with E-state index in [1.807, 2.05) is 30.3 Å². The smallest absolute Gasteiger partial charge is 0.189 e. The topological polar surface area (TPSA) is 79.1 Å². The second kappa shape index (κ2) is 8.57. The zero-order chi connectivity index (χ0) is 22.0. The number of imidazole rings is 1. The number of halogens is 2. The number of H-pyrrole nitrogens is 1. The molecule has 0 saturated heterocycles. The maximum Gasteiger partial charge on any atom is 0.189 e. The van der Waals surface area contributed by atoms with Crippen LogP contribution in [0.15, 0.2) is 72.1 Å². The minimum atomic E-state index is -0.471. The number of aryl methyl sites for hydroxylation is 1. The van der Waals surface area contributed by atoms with Gasteiger partial charge in [0.25, 0.3) is 0 Å². The van der Waals surface area contributed by atoms with Crippen LogP contribution in [-0.4, -0.2) is 32.7 Å². The summed E-state index contributed by atoms with van der Waals surface area (Å²) in [6.07, 6.45) is 4.99. The summed E-state index contributed by atoms with van der Waals surface area (Å²) in [5.41, 5.74) is 2.95. The number of benzene rings is 2. The Balaban J connectivity index is 1.88. The highest BCUT2D eigenvalue weighted by molar-refractivity contribution is 6.70. The second-order valence-electron chi connectivity index (χ2n) is 6.75. The van der Waals surface area contributed by atoms with Crippen LogP contribution in [0.1, 0.15) is 11.5 Å². The lowest BCUT2D eigenvalue weighted by Gasteiger charge is -2.10. The van der Waals surface area contributed by atoms with Crippen molar-refractivity contribution >= 4 is 22.6 Å². The largest absolute Gasteiger partial charge is 0.494 e. The molecule has 0 aliphatic heterocycles. The van der Waals surface area contributed by atoms with Crippen LogP contribution in [0.5, 0.6) is 5.75 Å². The number of hydrogen-bond acceptors (Lipinski definition) is 3. The van der Waals surface area contributed by atoms with E-state index in [2.05, 4.69) is 15.0 Å². The van der Waals surface area contributed by atoms with Crippen molar-refractivity contribution in [1.82, 2.24) is 14.5 Å². The fourth-order valence-electron chi connectivity index (χ4n) is 3.38. The van der Waals surface area contributed by atoms with E-state index >= 15 is 4.39 Å². The maximum atomic E-state index is 15.1. The molecule has 2 N–H and O–H groups in total.